The lowest BCUT2D eigenvalue weighted by Crippen LogP contribution is -2.46. The highest BCUT2D eigenvalue weighted by atomic mass is 31.2. The van der Waals surface area contributed by atoms with Gasteiger partial charge in [-0.25, -0.2) is 4.57 Å². The molecular weight excluding hydrogens is 373 g/mol. The van der Waals surface area contributed by atoms with Gasteiger partial charge in [0.25, 0.3) is 0 Å². The molecule has 160 valence electrons. The van der Waals surface area contributed by atoms with Crippen LogP contribution in [-0.4, -0.2) is 47.6 Å². The maximum absolute atomic E-state index is 12.1. The van der Waals surface area contributed by atoms with Crippen molar-refractivity contribution in [3.05, 3.63) is 0 Å². The van der Waals surface area contributed by atoms with Crippen LogP contribution < -0.4 is 5.32 Å². The summed E-state index contributed by atoms with van der Waals surface area (Å²) < 4.78 is 21.8. The van der Waals surface area contributed by atoms with Crippen molar-refractivity contribution in [1.82, 2.24) is 5.32 Å². The number of Topliss-reactive ketones (excluding diaryl/α,β-unsaturated/α-hetero) is 1. The zero-order valence-corrected chi connectivity index (χ0v) is 18.7. The Labute approximate surface area is 162 Å². The third-order valence-corrected chi connectivity index (χ3v) is 4.65. The summed E-state index contributed by atoms with van der Waals surface area (Å²) in [5.41, 5.74) is -1.95. The van der Waals surface area contributed by atoms with Crippen LogP contribution in [0.25, 0.3) is 0 Å². The van der Waals surface area contributed by atoms with E-state index in [1.807, 2.05) is 20.8 Å². The van der Waals surface area contributed by atoms with Gasteiger partial charge in [-0.05, 0) is 5.41 Å². The molecule has 27 heavy (non-hydrogen) atoms. The number of carbonyl (C=O) groups excluding carboxylic acids is 2. The van der Waals surface area contributed by atoms with E-state index in [-0.39, 0.29) is 37.4 Å². The minimum absolute atomic E-state index is 0.00269. The highest BCUT2D eigenvalue weighted by molar-refractivity contribution is 7.47. The summed E-state index contributed by atoms with van der Waals surface area (Å²) in [5.74, 6) is -0.675. The normalized spacial score (nSPS) is 16.5. The smallest absolute Gasteiger partial charge is 0.383 e. The van der Waals surface area contributed by atoms with Crippen molar-refractivity contribution in [2.75, 3.05) is 19.8 Å². The van der Waals surface area contributed by atoms with E-state index in [2.05, 4.69) is 5.32 Å². The molecule has 9 heteroatoms. The van der Waals surface area contributed by atoms with Crippen molar-refractivity contribution in [2.45, 2.75) is 67.9 Å². The second kappa shape index (κ2) is 9.61. The minimum atomic E-state index is -4.30. The first-order chi connectivity index (χ1) is 11.9. The number of aliphatic hydroxyl groups excluding tert-OH is 1. The first-order valence-electron chi connectivity index (χ1n) is 8.98. The Kier molecular flexibility index (Phi) is 9.33. The number of amides is 1. The maximum Gasteiger partial charge on any atom is 0.472 e. The Morgan fingerprint density at radius 3 is 1.93 bits per heavy atom. The number of carbonyl (C=O) groups is 2. The van der Waals surface area contributed by atoms with Gasteiger partial charge >= 0.3 is 7.82 Å². The number of ketones is 1. The van der Waals surface area contributed by atoms with Gasteiger partial charge in [-0.3, -0.25) is 18.6 Å². The van der Waals surface area contributed by atoms with Crippen LogP contribution in [0.4, 0.5) is 0 Å². The van der Waals surface area contributed by atoms with E-state index in [4.69, 9.17) is 9.05 Å². The molecule has 0 radical (unpaired) electrons. The highest BCUT2D eigenvalue weighted by Crippen LogP contribution is 2.46. The molecule has 0 aromatic carbocycles. The standard InChI is InChI=1S/C18H36NO7P/c1-16(2,3)11-25-27(23,24)26-12-18(7,8)14(21)15(22)19-10-9-13(20)17(4,5)6/h14,21H,9-12H2,1-8H3,(H,19,22)(H,23,24). The molecule has 2 unspecified atom stereocenters. The van der Waals surface area contributed by atoms with Gasteiger partial charge in [0.15, 0.2) is 0 Å². The molecule has 0 aromatic heterocycles. The number of phosphoric acid groups is 1. The fourth-order valence-electron chi connectivity index (χ4n) is 1.77. The summed E-state index contributed by atoms with van der Waals surface area (Å²) in [7, 11) is -4.30. The molecule has 0 rings (SSSR count). The topological polar surface area (TPSA) is 122 Å². The summed E-state index contributed by atoms with van der Waals surface area (Å²) in [6.45, 7) is 13.7. The van der Waals surface area contributed by atoms with Crippen LogP contribution in [0.5, 0.6) is 0 Å². The number of hydrogen-bond acceptors (Lipinski definition) is 6. The highest BCUT2D eigenvalue weighted by Gasteiger charge is 2.37. The van der Waals surface area contributed by atoms with E-state index in [0.29, 0.717) is 0 Å². The molecule has 3 N–H and O–H groups in total. The van der Waals surface area contributed by atoms with E-state index >= 15 is 0 Å². The average molecular weight is 409 g/mol. The zero-order chi connectivity index (χ0) is 21.7. The summed E-state index contributed by atoms with van der Waals surface area (Å²) >= 11 is 0. The number of hydrogen-bond donors (Lipinski definition) is 3. The van der Waals surface area contributed by atoms with Gasteiger partial charge in [-0.15, -0.1) is 0 Å². The molecule has 0 aliphatic carbocycles. The number of rotatable bonds is 10. The Balaban J connectivity index is 4.57. The van der Waals surface area contributed by atoms with Gasteiger partial charge in [0.2, 0.25) is 5.91 Å². The van der Waals surface area contributed by atoms with E-state index in [0.717, 1.165) is 0 Å². The molecule has 0 saturated heterocycles. The lowest BCUT2D eigenvalue weighted by atomic mass is 9.87. The molecule has 0 aliphatic heterocycles. The molecular formula is C18H36NO7P. The molecule has 0 heterocycles. The van der Waals surface area contributed by atoms with Crippen LogP contribution in [0.2, 0.25) is 0 Å². The Morgan fingerprint density at radius 2 is 1.48 bits per heavy atom. The van der Waals surface area contributed by atoms with Crippen LogP contribution >= 0.6 is 7.82 Å². The number of aliphatic hydroxyl groups is 1. The third kappa shape index (κ3) is 11.0. The largest absolute Gasteiger partial charge is 0.472 e. The Bertz CT molecular complexity index is 561. The Morgan fingerprint density at radius 1 is 1.00 bits per heavy atom. The van der Waals surface area contributed by atoms with Crippen molar-refractivity contribution in [2.24, 2.45) is 16.2 Å². The quantitative estimate of drug-likeness (QED) is 0.474. The molecule has 0 saturated carbocycles. The van der Waals surface area contributed by atoms with Crippen molar-refractivity contribution >= 4 is 19.5 Å². The molecule has 8 nitrogen and oxygen atoms in total. The molecule has 0 fully saturated rings. The fraction of sp³-hybridized carbons (Fsp3) is 0.889. The summed E-state index contributed by atoms with van der Waals surface area (Å²) in [6.07, 6.45) is -1.32. The van der Waals surface area contributed by atoms with Crippen molar-refractivity contribution in [3.63, 3.8) is 0 Å². The molecule has 0 bridgehead atoms. The van der Waals surface area contributed by atoms with Crippen LogP contribution in [0.15, 0.2) is 0 Å². The second-order valence-corrected chi connectivity index (χ2v) is 11.1. The van der Waals surface area contributed by atoms with Gasteiger partial charge in [0.05, 0.1) is 13.2 Å². The monoisotopic (exact) mass is 409 g/mol. The van der Waals surface area contributed by atoms with E-state index in [1.165, 1.54) is 13.8 Å². The molecule has 0 aromatic rings. The number of phosphoric ester groups is 1. The predicted molar refractivity (Wildman–Crippen MR) is 103 cm³/mol. The average Bonchev–Trinajstić information content (AvgIpc) is 2.49. The summed E-state index contributed by atoms with van der Waals surface area (Å²) in [6, 6.07) is 0. The maximum atomic E-state index is 12.1. The van der Waals surface area contributed by atoms with Crippen molar-refractivity contribution < 1.29 is 33.2 Å². The SMILES string of the molecule is CC(C)(C)COP(=O)(O)OCC(C)(C)C(O)C(=O)NCCC(=O)C(C)(C)C. The van der Waals surface area contributed by atoms with E-state index in [9.17, 15) is 24.2 Å². The zero-order valence-electron chi connectivity index (χ0n) is 17.8. The van der Waals surface area contributed by atoms with Gasteiger partial charge in [-0.2, -0.15) is 0 Å². The van der Waals surface area contributed by atoms with Crippen LogP contribution in [0.3, 0.4) is 0 Å². The van der Waals surface area contributed by atoms with E-state index < -0.39 is 30.7 Å². The molecule has 1 amide bonds. The van der Waals surface area contributed by atoms with Gasteiger partial charge < -0.3 is 15.3 Å². The molecule has 0 spiro atoms. The number of nitrogens with one attached hydrogen (secondary N) is 1. The lowest BCUT2D eigenvalue weighted by molar-refractivity contribution is -0.137. The lowest BCUT2D eigenvalue weighted by Gasteiger charge is -2.30. The van der Waals surface area contributed by atoms with Crippen LogP contribution in [0.1, 0.15) is 61.8 Å². The first-order valence-corrected chi connectivity index (χ1v) is 10.5. The first kappa shape index (κ1) is 26.2. The van der Waals surface area contributed by atoms with Crippen molar-refractivity contribution in [3.8, 4) is 0 Å². The fourth-order valence-corrected chi connectivity index (χ4v) is 2.89. The van der Waals surface area contributed by atoms with Gasteiger partial charge in [0.1, 0.15) is 11.9 Å². The van der Waals surface area contributed by atoms with Crippen LogP contribution in [0, 0.1) is 16.2 Å². The second-order valence-electron chi connectivity index (χ2n) is 9.68. The summed E-state index contributed by atoms with van der Waals surface area (Å²) in [4.78, 5) is 33.7. The van der Waals surface area contributed by atoms with Gasteiger partial charge in [-0.1, -0.05) is 55.4 Å². The molecule has 2 atom stereocenters. The minimum Gasteiger partial charge on any atom is -0.383 e. The predicted octanol–water partition coefficient (Wildman–Crippen LogP) is 2.67. The third-order valence-electron chi connectivity index (χ3n) is 3.74. The molecule has 0 aliphatic rings. The van der Waals surface area contributed by atoms with E-state index in [1.54, 1.807) is 20.8 Å². The Hall–Kier alpha value is -0.790. The van der Waals surface area contributed by atoms with Gasteiger partial charge in [0, 0.05) is 23.8 Å². The van der Waals surface area contributed by atoms with Crippen LogP contribution in [-0.2, 0) is 23.2 Å². The van der Waals surface area contributed by atoms with Crippen molar-refractivity contribution in [1.29, 1.82) is 0 Å². The summed E-state index contributed by atoms with van der Waals surface area (Å²) in [5, 5.41) is 12.7.